The highest BCUT2D eigenvalue weighted by molar-refractivity contribution is 5.85. The molecule has 0 N–H and O–H groups in total. The van der Waals surface area contributed by atoms with Gasteiger partial charge < -0.3 is 9.47 Å². The van der Waals surface area contributed by atoms with Crippen LogP contribution >= 0.6 is 0 Å². The molecule has 37 heavy (non-hydrogen) atoms. The van der Waals surface area contributed by atoms with E-state index < -0.39 is 5.41 Å². The summed E-state index contributed by atoms with van der Waals surface area (Å²) < 4.78 is 10.8. The van der Waals surface area contributed by atoms with Gasteiger partial charge in [-0.25, -0.2) is 0 Å². The number of ether oxygens (including phenoxy) is 2. The van der Waals surface area contributed by atoms with E-state index in [0.29, 0.717) is 6.47 Å². The molecule has 4 heteroatoms. The highest BCUT2D eigenvalue weighted by atomic mass is 16.5. The zero-order chi connectivity index (χ0) is 27.2. The van der Waals surface area contributed by atoms with Gasteiger partial charge in [-0.3, -0.25) is 9.59 Å². The van der Waals surface area contributed by atoms with Gasteiger partial charge in [0.2, 0.25) is 0 Å². The minimum absolute atomic E-state index is 0.0854. The van der Waals surface area contributed by atoms with E-state index in [0.717, 1.165) is 35.3 Å². The van der Waals surface area contributed by atoms with Gasteiger partial charge in [0, 0.05) is 10.8 Å². The molecule has 3 aromatic rings. The third-order valence-corrected chi connectivity index (χ3v) is 7.49. The van der Waals surface area contributed by atoms with Crippen molar-refractivity contribution in [3.05, 3.63) is 88.5 Å². The van der Waals surface area contributed by atoms with Gasteiger partial charge in [0.15, 0.2) is 5.78 Å². The monoisotopic (exact) mass is 500 g/mol. The van der Waals surface area contributed by atoms with E-state index in [1.54, 1.807) is 0 Å². The van der Waals surface area contributed by atoms with Crippen molar-refractivity contribution in [3.8, 4) is 16.9 Å². The SMILES string of the molecule is CCC(CC)(c1ccc(OCC(=O)C(C)(C)C)c(C)c1)c1ccc(-c2ccc(COC=O)cc2)c(C)c1. The number of carbonyl (C=O) groups is 2. The van der Waals surface area contributed by atoms with E-state index in [9.17, 15) is 9.59 Å². The molecule has 0 aliphatic heterocycles. The van der Waals surface area contributed by atoms with Crippen LogP contribution in [0.15, 0.2) is 60.7 Å². The van der Waals surface area contributed by atoms with E-state index in [1.165, 1.54) is 22.3 Å². The normalized spacial score (nSPS) is 11.8. The fourth-order valence-corrected chi connectivity index (χ4v) is 4.90. The highest BCUT2D eigenvalue weighted by Gasteiger charge is 2.31. The predicted octanol–water partition coefficient (Wildman–Crippen LogP) is 7.74. The van der Waals surface area contributed by atoms with E-state index in [1.807, 2.05) is 39.0 Å². The van der Waals surface area contributed by atoms with Crippen molar-refractivity contribution >= 4 is 12.3 Å². The van der Waals surface area contributed by atoms with Gasteiger partial charge in [0.25, 0.3) is 6.47 Å². The molecule has 0 amide bonds. The molecule has 196 valence electrons. The molecule has 4 nitrogen and oxygen atoms in total. The summed E-state index contributed by atoms with van der Waals surface area (Å²) >= 11 is 0. The number of benzene rings is 3. The average Bonchev–Trinajstić information content (AvgIpc) is 2.88. The number of rotatable bonds is 11. The van der Waals surface area contributed by atoms with Crippen molar-refractivity contribution < 1.29 is 19.1 Å². The molecule has 0 unspecified atom stereocenters. The van der Waals surface area contributed by atoms with Crippen LogP contribution < -0.4 is 4.74 Å². The molecule has 0 aliphatic carbocycles. The summed E-state index contributed by atoms with van der Waals surface area (Å²) in [6.07, 6.45) is 1.94. The van der Waals surface area contributed by atoms with Crippen LogP contribution in [0.4, 0.5) is 0 Å². The van der Waals surface area contributed by atoms with Crippen molar-refractivity contribution in [2.45, 2.75) is 73.3 Å². The van der Waals surface area contributed by atoms with Gasteiger partial charge >= 0.3 is 0 Å². The molecule has 0 saturated heterocycles. The van der Waals surface area contributed by atoms with E-state index in [4.69, 9.17) is 9.47 Å². The second-order valence-electron chi connectivity index (χ2n) is 10.9. The van der Waals surface area contributed by atoms with Crippen LogP contribution in [0.5, 0.6) is 5.75 Å². The predicted molar refractivity (Wildman–Crippen MR) is 150 cm³/mol. The third kappa shape index (κ3) is 6.30. The summed E-state index contributed by atoms with van der Waals surface area (Å²) in [4.78, 5) is 22.8. The Bertz CT molecular complexity index is 1230. The standard InChI is InChI=1S/C33H40O4/c1-8-33(9-2,28-15-17-30(24(4)19-28)37-21-31(35)32(5,6)7)27-14-16-29(23(3)18-27)26-12-10-25(11-13-26)20-36-22-34/h10-19,22H,8-9,20-21H2,1-7H3. The molecule has 0 heterocycles. The first-order chi connectivity index (χ1) is 17.6. The maximum Gasteiger partial charge on any atom is 0.293 e. The summed E-state index contributed by atoms with van der Waals surface area (Å²) in [5, 5.41) is 0. The van der Waals surface area contributed by atoms with Crippen molar-refractivity contribution in [2.24, 2.45) is 5.41 Å². The molecule has 0 atom stereocenters. The maximum absolute atomic E-state index is 12.3. The summed E-state index contributed by atoms with van der Waals surface area (Å²) in [6.45, 7) is 15.3. The first-order valence-corrected chi connectivity index (χ1v) is 13.1. The number of ketones is 1. The number of carbonyl (C=O) groups excluding carboxylic acids is 2. The Labute approximate surface area is 222 Å². The van der Waals surface area contributed by atoms with Crippen molar-refractivity contribution in [1.29, 1.82) is 0 Å². The van der Waals surface area contributed by atoms with Crippen LogP contribution in [-0.4, -0.2) is 18.9 Å². The Morgan fingerprint density at radius 1 is 0.838 bits per heavy atom. The number of Topliss-reactive ketones (excluding diaryl/α,β-unsaturated/α-hetero) is 1. The Balaban J connectivity index is 1.90. The zero-order valence-electron chi connectivity index (χ0n) is 23.3. The molecule has 3 rings (SSSR count). The fourth-order valence-electron chi connectivity index (χ4n) is 4.90. The molecule has 3 aromatic carbocycles. The molecule has 0 aromatic heterocycles. The van der Waals surface area contributed by atoms with Gasteiger partial charge in [-0.05, 0) is 71.7 Å². The van der Waals surface area contributed by atoms with Crippen LogP contribution in [0.25, 0.3) is 11.1 Å². The van der Waals surface area contributed by atoms with Crippen LogP contribution in [0.2, 0.25) is 0 Å². The Hall–Kier alpha value is -3.40. The van der Waals surface area contributed by atoms with Gasteiger partial charge in [0.05, 0.1) is 0 Å². The molecule has 0 fully saturated rings. The largest absolute Gasteiger partial charge is 0.486 e. The summed E-state index contributed by atoms with van der Waals surface area (Å²) in [6, 6.07) is 21.3. The molecular weight excluding hydrogens is 460 g/mol. The van der Waals surface area contributed by atoms with Crippen molar-refractivity contribution in [3.63, 3.8) is 0 Å². The smallest absolute Gasteiger partial charge is 0.293 e. The maximum atomic E-state index is 12.3. The molecule has 0 spiro atoms. The Kier molecular flexibility index (Phi) is 8.96. The lowest BCUT2D eigenvalue weighted by Crippen LogP contribution is -2.27. The van der Waals surface area contributed by atoms with E-state index in [2.05, 4.69) is 70.2 Å². The Morgan fingerprint density at radius 2 is 1.43 bits per heavy atom. The number of hydrogen-bond acceptors (Lipinski definition) is 4. The molecular formula is C33H40O4. The second-order valence-corrected chi connectivity index (χ2v) is 10.9. The van der Waals surface area contributed by atoms with Crippen LogP contribution in [-0.2, 0) is 26.3 Å². The minimum atomic E-state index is -0.412. The summed E-state index contributed by atoms with van der Waals surface area (Å²) in [5.74, 6) is 0.850. The molecule has 0 radical (unpaired) electrons. The molecule has 0 saturated carbocycles. The zero-order valence-corrected chi connectivity index (χ0v) is 23.3. The van der Waals surface area contributed by atoms with E-state index in [-0.39, 0.29) is 24.4 Å². The van der Waals surface area contributed by atoms with E-state index >= 15 is 0 Å². The summed E-state index contributed by atoms with van der Waals surface area (Å²) in [7, 11) is 0. The quantitative estimate of drug-likeness (QED) is 0.253. The van der Waals surface area contributed by atoms with Crippen LogP contribution in [0.1, 0.15) is 75.3 Å². The second kappa shape index (κ2) is 11.8. The topological polar surface area (TPSA) is 52.6 Å². The first-order valence-electron chi connectivity index (χ1n) is 13.1. The van der Waals surface area contributed by atoms with Gasteiger partial charge in [-0.1, -0.05) is 89.2 Å². The minimum Gasteiger partial charge on any atom is -0.486 e. The lowest BCUT2D eigenvalue weighted by molar-refractivity contribution is -0.130. The fraction of sp³-hybridized carbons (Fsp3) is 0.394. The van der Waals surface area contributed by atoms with Crippen LogP contribution in [0, 0.1) is 19.3 Å². The lowest BCUT2D eigenvalue weighted by atomic mass is 9.69. The third-order valence-electron chi connectivity index (χ3n) is 7.49. The van der Waals surface area contributed by atoms with Crippen molar-refractivity contribution in [2.75, 3.05) is 6.61 Å². The number of hydrogen-bond donors (Lipinski definition) is 0. The Morgan fingerprint density at radius 3 is 1.95 bits per heavy atom. The lowest BCUT2D eigenvalue weighted by Gasteiger charge is -2.34. The van der Waals surface area contributed by atoms with Gasteiger partial charge in [-0.15, -0.1) is 0 Å². The highest BCUT2D eigenvalue weighted by Crippen LogP contribution is 2.41. The molecule has 0 aliphatic rings. The number of aryl methyl sites for hydroxylation is 2. The van der Waals surface area contributed by atoms with Gasteiger partial charge in [0.1, 0.15) is 19.0 Å². The van der Waals surface area contributed by atoms with Gasteiger partial charge in [-0.2, -0.15) is 0 Å². The van der Waals surface area contributed by atoms with Crippen molar-refractivity contribution in [1.82, 2.24) is 0 Å². The average molecular weight is 501 g/mol. The van der Waals surface area contributed by atoms with Crippen LogP contribution in [0.3, 0.4) is 0 Å². The molecule has 0 bridgehead atoms. The first kappa shape index (κ1) is 28.2. The summed E-state index contributed by atoms with van der Waals surface area (Å²) in [5.41, 5.74) is 7.58.